The number of carbonyl (C=O) groups excluding carboxylic acids is 8. The molecule has 23 heteroatoms. The van der Waals surface area contributed by atoms with Crippen LogP contribution in [0.2, 0.25) is 0 Å². The fourth-order valence-corrected chi connectivity index (χ4v) is 9.78. The minimum Gasteiger partial charge on any atom is -0.497 e. The Bertz CT molecular complexity index is 2770. The average molecular weight is 1110 g/mol. The number of hydrogen-bond acceptors (Lipinski definition) is 11. The number of nitrogens with two attached hydrogens (primary N) is 3. The van der Waals surface area contributed by atoms with Crippen LogP contribution in [0.3, 0.4) is 0 Å². The van der Waals surface area contributed by atoms with Gasteiger partial charge in [-0.3, -0.25) is 48.1 Å². The second-order valence-electron chi connectivity index (χ2n) is 20.2. The number of nitrogens with one attached hydrogen (secondary N) is 8. The van der Waals surface area contributed by atoms with Crippen molar-refractivity contribution in [2.75, 3.05) is 20.2 Å². The number of para-hydroxylation sites is 1. The van der Waals surface area contributed by atoms with Crippen molar-refractivity contribution in [2.45, 2.75) is 152 Å². The second kappa shape index (κ2) is 31.2. The van der Waals surface area contributed by atoms with Gasteiger partial charge in [0.25, 0.3) is 5.97 Å². The Kier molecular flexibility index (Phi) is 24.3. The first-order valence-electron chi connectivity index (χ1n) is 27.2. The molecule has 1 saturated heterocycles. The molecule has 2 aliphatic rings. The molecule has 1 unspecified atom stereocenters. The molecule has 3 aromatic carbocycles. The van der Waals surface area contributed by atoms with Crippen LogP contribution in [0.4, 0.5) is 0 Å². The predicted octanol–water partition coefficient (Wildman–Crippen LogP) is 2.11. The lowest BCUT2D eigenvalue weighted by atomic mass is 9.73. The third kappa shape index (κ3) is 19.4. The zero-order chi connectivity index (χ0) is 58.2. The van der Waals surface area contributed by atoms with E-state index in [0.29, 0.717) is 55.4 Å². The van der Waals surface area contributed by atoms with Crippen LogP contribution in [0.5, 0.6) is 5.75 Å². The SMILES string of the molecule is CC(=O)O.CCCCC(=O)NC1CC(=O)NCCCC[C@@H](C(N)=O)NC(=O)[C@H](Cc2c[nH]c3ccccc23)NC(=O)[C@H](CCCN=C(N)N)NC(=O)[C@@H](Cc2ccccc2)NC(=O)C2(CCC(c3ccc(OC)cc3)CC2)NC1=O. The summed E-state index contributed by atoms with van der Waals surface area (Å²) in [4.78, 5) is 130. The standard InChI is InChI=1S/C55H74N12O9.C2H4O2/c1-3-4-19-46(68)62-45-32-47(69)59-28-11-10-17-41(48(56)70)63-51(73)44(31-37-33-61-40-16-9-8-15-39(37)40)65-49(71)42(18-12-29-60-54(57)58)64-50(72)43(30-34-13-6-5-7-14-34)66-53(75)55(67-52(45)74)26-24-36(25-27-55)35-20-22-38(76-2)23-21-35;1-2(3)4/h5-9,13-16,20-23,33,36,41-45,61H,3-4,10-12,17-19,24-32H2,1-2H3,(H2,56,70)(H,59,69)(H,62,68)(H,63,73)(H,64,72)(H,65,71)(H,66,75)(H,67,74)(H4,57,58,60);1H3,(H,3,4)/t36?,41-,42-,43+,44-,45?,55?;/m0./s1. The zero-order valence-corrected chi connectivity index (χ0v) is 45.8. The van der Waals surface area contributed by atoms with E-state index in [4.69, 9.17) is 31.8 Å². The van der Waals surface area contributed by atoms with Crippen LogP contribution in [0.15, 0.2) is 90.1 Å². The van der Waals surface area contributed by atoms with Crippen LogP contribution in [-0.4, -0.2) is 125 Å². The van der Waals surface area contributed by atoms with Crippen LogP contribution in [0.25, 0.3) is 10.9 Å². The fourth-order valence-electron chi connectivity index (χ4n) is 9.78. The maximum Gasteiger partial charge on any atom is 0.300 e. The molecule has 1 spiro atoms. The zero-order valence-electron chi connectivity index (χ0n) is 45.8. The van der Waals surface area contributed by atoms with Crippen molar-refractivity contribution >= 4 is 70.1 Å². The van der Waals surface area contributed by atoms with Crippen molar-refractivity contribution in [3.8, 4) is 5.75 Å². The number of carboxylic acid groups (broad SMARTS) is 1. The van der Waals surface area contributed by atoms with Crippen molar-refractivity contribution in [3.63, 3.8) is 0 Å². The van der Waals surface area contributed by atoms with E-state index in [1.165, 1.54) is 0 Å². The maximum absolute atomic E-state index is 15.3. The number of hydrogen-bond donors (Lipinski definition) is 12. The Morgan fingerprint density at radius 2 is 1.40 bits per heavy atom. The number of fused-ring (bicyclic) bond motifs is 1. The van der Waals surface area contributed by atoms with Crippen LogP contribution >= 0.6 is 0 Å². The molecule has 15 N–H and O–H groups in total. The number of guanidine groups is 1. The van der Waals surface area contributed by atoms with Crippen LogP contribution in [0, 0.1) is 0 Å². The lowest BCUT2D eigenvalue weighted by Gasteiger charge is -2.41. The van der Waals surface area contributed by atoms with Gasteiger partial charge in [-0.1, -0.05) is 74.0 Å². The van der Waals surface area contributed by atoms with Gasteiger partial charge in [0.05, 0.1) is 13.5 Å². The predicted molar refractivity (Wildman–Crippen MR) is 300 cm³/mol. The maximum atomic E-state index is 15.3. The highest BCUT2D eigenvalue weighted by Gasteiger charge is 2.46. The van der Waals surface area contributed by atoms with Crippen LogP contribution in [0.1, 0.15) is 120 Å². The number of aromatic nitrogens is 1. The molecule has 8 amide bonds. The van der Waals surface area contributed by atoms with Gasteiger partial charge >= 0.3 is 0 Å². The Hall–Kier alpha value is -8.50. The molecule has 6 rings (SSSR count). The van der Waals surface area contributed by atoms with Gasteiger partial charge in [0, 0.05) is 56.4 Å². The van der Waals surface area contributed by atoms with Crippen LogP contribution in [-0.2, 0) is 56.0 Å². The minimum absolute atomic E-state index is 0.0168. The monoisotopic (exact) mass is 1110 g/mol. The number of aliphatic carboxylic acids is 1. The van der Waals surface area contributed by atoms with E-state index in [1.54, 1.807) is 43.6 Å². The normalized spacial score (nSPS) is 22.8. The van der Waals surface area contributed by atoms with Crippen molar-refractivity contribution in [2.24, 2.45) is 22.2 Å². The third-order valence-corrected chi connectivity index (χ3v) is 14.1. The highest BCUT2D eigenvalue weighted by molar-refractivity contribution is 6.00. The number of methoxy groups -OCH3 is 1. The Balaban J connectivity index is 0.00000284. The van der Waals surface area contributed by atoms with Gasteiger partial charge in [-0.15, -0.1) is 0 Å². The van der Waals surface area contributed by atoms with E-state index in [1.807, 2.05) is 55.5 Å². The summed E-state index contributed by atoms with van der Waals surface area (Å²) in [5.41, 5.74) is 18.6. The van der Waals surface area contributed by atoms with Crippen molar-refractivity contribution in [3.05, 3.63) is 102 Å². The molecule has 1 aliphatic carbocycles. The molecule has 23 nitrogen and oxygen atoms in total. The van der Waals surface area contributed by atoms with Crippen molar-refractivity contribution in [1.29, 1.82) is 0 Å². The van der Waals surface area contributed by atoms with Crippen LogP contribution < -0.4 is 59.2 Å². The summed E-state index contributed by atoms with van der Waals surface area (Å²) in [5.74, 6) is -5.85. The first-order chi connectivity index (χ1) is 38.3. The van der Waals surface area contributed by atoms with Gasteiger partial charge in [-0.25, -0.2) is 0 Å². The fraction of sp³-hybridized carbons (Fsp3) is 0.474. The second-order valence-corrected chi connectivity index (χ2v) is 20.2. The van der Waals surface area contributed by atoms with E-state index < -0.39 is 95.4 Å². The number of rotatable bonds is 15. The highest BCUT2D eigenvalue weighted by Crippen LogP contribution is 2.39. The number of amides is 8. The quantitative estimate of drug-likeness (QED) is 0.0462. The molecular formula is C57H78N12O11. The summed E-state index contributed by atoms with van der Waals surface area (Å²) in [5, 5.41) is 28.1. The lowest BCUT2D eigenvalue weighted by molar-refractivity contribution is -0.140. The van der Waals surface area contributed by atoms with Crippen molar-refractivity contribution < 1.29 is 53.0 Å². The Morgan fingerprint density at radius 3 is 2.06 bits per heavy atom. The summed E-state index contributed by atoms with van der Waals surface area (Å²) in [6.07, 6.45) is 4.55. The van der Waals surface area contributed by atoms with E-state index in [0.717, 1.165) is 23.4 Å². The number of unbranched alkanes of at least 4 members (excludes halogenated alkanes) is 1. The summed E-state index contributed by atoms with van der Waals surface area (Å²) < 4.78 is 5.38. The molecule has 0 bridgehead atoms. The summed E-state index contributed by atoms with van der Waals surface area (Å²) in [7, 11) is 1.58. The van der Waals surface area contributed by atoms with Gasteiger partial charge < -0.3 is 69.2 Å². The molecule has 1 saturated carbocycles. The highest BCUT2D eigenvalue weighted by atomic mass is 16.5. The molecule has 0 radical (unpaired) electrons. The Labute approximate surface area is 465 Å². The average Bonchev–Trinajstić information content (AvgIpc) is 3.85. The smallest absolute Gasteiger partial charge is 0.300 e. The molecule has 2 heterocycles. The topological polar surface area (TPSA) is 374 Å². The van der Waals surface area contributed by atoms with Crippen molar-refractivity contribution in [1.82, 2.24) is 42.2 Å². The Morgan fingerprint density at radius 1 is 0.762 bits per heavy atom. The number of primary amides is 1. The first-order valence-corrected chi connectivity index (χ1v) is 27.2. The largest absolute Gasteiger partial charge is 0.497 e. The van der Waals surface area contributed by atoms with E-state index in [2.05, 4.69) is 47.2 Å². The summed E-state index contributed by atoms with van der Waals surface area (Å²) >= 11 is 0. The number of ether oxygens (including phenoxy) is 1. The number of benzene rings is 3. The number of carboxylic acids is 1. The molecule has 1 aliphatic heterocycles. The number of carbonyl (C=O) groups is 9. The van der Waals surface area contributed by atoms with Gasteiger partial charge in [-0.05, 0) is 105 Å². The van der Waals surface area contributed by atoms with E-state index in [-0.39, 0.29) is 76.3 Å². The third-order valence-electron chi connectivity index (χ3n) is 14.1. The first kappa shape index (κ1) is 62.3. The number of aromatic amines is 1. The minimum atomic E-state index is -1.63. The molecule has 1 aromatic heterocycles. The van der Waals surface area contributed by atoms with E-state index in [9.17, 15) is 33.6 Å². The molecular weight excluding hydrogens is 1030 g/mol. The summed E-state index contributed by atoms with van der Waals surface area (Å²) in [6.45, 7) is 3.21. The number of nitrogens with zero attached hydrogens (tertiary/aromatic N) is 1. The molecule has 2 fully saturated rings. The molecule has 5 atom stereocenters. The molecule has 80 heavy (non-hydrogen) atoms. The molecule has 4 aromatic rings. The van der Waals surface area contributed by atoms with Gasteiger partial charge in [0.1, 0.15) is 41.5 Å². The number of H-pyrrole nitrogens is 1. The molecule has 432 valence electrons. The van der Waals surface area contributed by atoms with E-state index >= 15 is 4.79 Å². The van der Waals surface area contributed by atoms with Gasteiger partial charge in [0.15, 0.2) is 5.96 Å². The number of aliphatic imine (C=N–C) groups is 1. The summed E-state index contributed by atoms with van der Waals surface area (Å²) in [6, 6.07) is 17.5. The lowest BCUT2D eigenvalue weighted by Crippen LogP contribution is -2.66. The van der Waals surface area contributed by atoms with Gasteiger partial charge in [-0.2, -0.15) is 0 Å². The van der Waals surface area contributed by atoms with Gasteiger partial charge in [0.2, 0.25) is 47.3 Å².